The predicted octanol–water partition coefficient (Wildman–Crippen LogP) is 2.70. The Balaban J connectivity index is 1.21. The number of thiazole rings is 1. The van der Waals surface area contributed by atoms with Crippen molar-refractivity contribution in [1.29, 1.82) is 0 Å². The molecule has 0 N–H and O–H groups in total. The lowest BCUT2D eigenvalue weighted by atomic mass is 10.0. The molecule has 0 amide bonds. The Hall–Kier alpha value is -1.57. The lowest BCUT2D eigenvalue weighted by molar-refractivity contribution is 0.112. The number of nitrogens with zero attached hydrogens (tertiary/aromatic N) is 5. The van der Waals surface area contributed by atoms with Crippen LogP contribution in [0.1, 0.15) is 41.0 Å². The SMILES string of the molecule is CC(C)c1cc(N2CC3CN(Cc4nc5c(s4)COCC5)CC3C2)ncn1. The monoisotopic (exact) mass is 385 g/mol. The summed E-state index contributed by atoms with van der Waals surface area (Å²) in [6.07, 6.45) is 2.70. The van der Waals surface area contributed by atoms with Crippen LogP contribution in [0, 0.1) is 11.8 Å². The Labute approximate surface area is 164 Å². The third kappa shape index (κ3) is 3.48. The summed E-state index contributed by atoms with van der Waals surface area (Å²) in [4.78, 5) is 20.2. The summed E-state index contributed by atoms with van der Waals surface area (Å²) in [7, 11) is 0. The molecule has 0 bridgehead atoms. The highest BCUT2D eigenvalue weighted by molar-refractivity contribution is 7.11. The summed E-state index contributed by atoms with van der Waals surface area (Å²) >= 11 is 1.85. The van der Waals surface area contributed by atoms with Gasteiger partial charge in [0.25, 0.3) is 0 Å². The predicted molar refractivity (Wildman–Crippen MR) is 106 cm³/mol. The van der Waals surface area contributed by atoms with Crippen molar-refractivity contribution in [3.63, 3.8) is 0 Å². The van der Waals surface area contributed by atoms with Crippen molar-refractivity contribution < 1.29 is 4.74 Å². The average molecular weight is 386 g/mol. The second-order valence-electron chi connectivity index (χ2n) is 8.36. The Morgan fingerprint density at radius 2 is 2.00 bits per heavy atom. The van der Waals surface area contributed by atoms with Crippen molar-refractivity contribution in [2.75, 3.05) is 37.7 Å². The molecule has 2 saturated heterocycles. The molecule has 27 heavy (non-hydrogen) atoms. The zero-order chi connectivity index (χ0) is 18.4. The number of likely N-dealkylation sites (tertiary alicyclic amines) is 1. The first-order valence-corrected chi connectivity index (χ1v) is 10.8. The third-order valence-electron chi connectivity index (χ3n) is 6.05. The van der Waals surface area contributed by atoms with Gasteiger partial charge in [0.2, 0.25) is 0 Å². The summed E-state index contributed by atoms with van der Waals surface area (Å²) in [6.45, 7) is 11.5. The maximum atomic E-state index is 5.56. The minimum atomic E-state index is 0.443. The molecule has 5 rings (SSSR count). The summed E-state index contributed by atoms with van der Waals surface area (Å²) in [6, 6.07) is 2.17. The molecule has 2 aromatic rings. The van der Waals surface area contributed by atoms with Gasteiger partial charge >= 0.3 is 0 Å². The molecule has 2 aromatic heterocycles. The highest BCUT2D eigenvalue weighted by atomic mass is 32.1. The van der Waals surface area contributed by atoms with Crippen LogP contribution in [0.2, 0.25) is 0 Å². The van der Waals surface area contributed by atoms with Crippen molar-refractivity contribution in [3.05, 3.63) is 33.7 Å². The summed E-state index contributed by atoms with van der Waals surface area (Å²) in [5.41, 5.74) is 2.41. The van der Waals surface area contributed by atoms with Crippen LogP contribution in [-0.4, -0.2) is 52.6 Å². The van der Waals surface area contributed by atoms with Crippen molar-refractivity contribution in [2.24, 2.45) is 11.8 Å². The number of rotatable bonds is 4. The first kappa shape index (κ1) is 17.5. The van der Waals surface area contributed by atoms with Crippen LogP contribution in [-0.2, 0) is 24.3 Å². The molecule has 0 spiro atoms. The molecule has 3 aliphatic rings. The summed E-state index contributed by atoms with van der Waals surface area (Å²) < 4.78 is 5.56. The van der Waals surface area contributed by atoms with Gasteiger partial charge in [-0.05, 0) is 17.8 Å². The highest BCUT2D eigenvalue weighted by Gasteiger charge is 2.40. The van der Waals surface area contributed by atoms with Crippen LogP contribution in [0.5, 0.6) is 0 Å². The number of fused-ring (bicyclic) bond motifs is 2. The number of aromatic nitrogens is 3. The van der Waals surface area contributed by atoms with Gasteiger partial charge in [-0.15, -0.1) is 11.3 Å². The number of hydrogen-bond acceptors (Lipinski definition) is 7. The van der Waals surface area contributed by atoms with Gasteiger partial charge in [-0.25, -0.2) is 15.0 Å². The van der Waals surface area contributed by atoms with Crippen LogP contribution in [0.25, 0.3) is 0 Å². The minimum absolute atomic E-state index is 0.443. The van der Waals surface area contributed by atoms with Crippen LogP contribution in [0.3, 0.4) is 0 Å². The number of hydrogen-bond donors (Lipinski definition) is 0. The normalized spacial score (nSPS) is 25.2. The molecular weight excluding hydrogens is 358 g/mol. The van der Waals surface area contributed by atoms with Gasteiger partial charge in [-0.2, -0.15) is 0 Å². The van der Waals surface area contributed by atoms with E-state index in [1.54, 1.807) is 6.33 Å². The summed E-state index contributed by atoms with van der Waals surface area (Å²) in [5, 5.41) is 1.26. The van der Waals surface area contributed by atoms with Crippen LogP contribution >= 0.6 is 11.3 Å². The molecule has 2 unspecified atom stereocenters. The first-order valence-electron chi connectivity index (χ1n) is 10.00. The van der Waals surface area contributed by atoms with Gasteiger partial charge in [0.1, 0.15) is 17.2 Å². The van der Waals surface area contributed by atoms with Gasteiger partial charge in [-0.3, -0.25) is 4.90 Å². The van der Waals surface area contributed by atoms with Crippen LogP contribution in [0.15, 0.2) is 12.4 Å². The Morgan fingerprint density at radius 1 is 1.19 bits per heavy atom. The van der Waals surface area contributed by atoms with Crippen molar-refractivity contribution in [3.8, 4) is 0 Å². The van der Waals surface area contributed by atoms with Crippen molar-refractivity contribution in [2.45, 2.75) is 39.3 Å². The number of ether oxygens (including phenoxy) is 1. The van der Waals surface area contributed by atoms with E-state index >= 15 is 0 Å². The molecule has 3 aliphatic heterocycles. The standard InChI is InChI=1S/C20H27N5OS/c1-13(2)17-5-19(22-12-21-17)25-8-14-6-24(7-15(14)9-25)10-20-23-16-3-4-26-11-18(16)27-20/h5,12-15H,3-4,6-11H2,1-2H3. The van der Waals surface area contributed by atoms with E-state index in [2.05, 4.69) is 39.7 Å². The lowest BCUT2D eigenvalue weighted by Crippen LogP contribution is -2.29. The Bertz CT molecular complexity index is 785. The molecule has 2 atom stereocenters. The quantitative estimate of drug-likeness (QED) is 0.807. The van der Waals surface area contributed by atoms with Crippen LogP contribution < -0.4 is 4.90 Å². The fourth-order valence-electron chi connectivity index (χ4n) is 4.59. The Morgan fingerprint density at radius 3 is 2.74 bits per heavy atom. The molecular formula is C20H27N5OS. The number of anilines is 1. The van der Waals surface area contributed by atoms with E-state index in [1.165, 1.54) is 28.7 Å². The molecule has 0 aliphatic carbocycles. The molecule has 5 heterocycles. The van der Waals surface area contributed by atoms with Gasteiger partial charge < -0.3 is 9.64 Å². The first-order chi connectivity index (χ1) is 13.2. The van der Waals surface area contributed by atoms with Crippen LogP contribution in [0.4, 0.5) is 5.82 Å². The fourth-order valence-corrected chi connectivity index (χ4v) is 5.69. The van der Waals surface area contributed by atoms with E-state index in [1.807, 2.05) is 11.3 Å². The lowest BCUT2D eigenvalue weighted by Gasteiger charge is -2.22. The van der Waals surface area contributed by atoms with E-state index < -0.39 is 0 Å². The Kier molecular flexibility index (Phi) is 4.61. The smallest absolute Gasteiger partial charge is 0.132 e. The van der Waals surface area contributed by atoms with Gasteiger partial charge in [-0.1, -0.05) is 13.8 Å². The van der Waals surface area contributed by atoms with Crippen molar-refractivity contribution in [1.82, 2.24) is 19.9 Å². The second-order valence-corrected chi connectivity index (χ2v) is 9.52. The van der Waals surface area contributed by atoms with E-state index in [-0.39, 0.29) is 0 Å². The average Bonchev–Trinajstić information content (AvgIpc) is 3.34. The molecule has 0 saturated carbocycles. The van der Waals surface area contributed by atoms with E-state index in [9.17, 15) is 0 Å². The van der Waals surface area contributed by atoms with Gasteiger partial charge in [0.05, 0.1) is 30.3 Å². The molecule has 2 fully saturated rings. The topological polar surface area (TPSA) is 54.4 Å². The zero-order valence-corrected chi connectivity index (χ0v) is 16.9. The fraction of sp³-hybridized carbons (Fsp3) is 0.650. The maximum absolute atomic E-state index is 5.56. The van der Waals surface area contributed by atoms with E-state index in [0.29, 0.717) is 5.92 Å². The van der Waals surface area contributed by atoms with Gasteiger partial charge in [0.15, 0.2) is 0 Å². The molecule has 6 nitrogen and oxygen atoms in total. The minimum Gasteiger partial charge on any atom is -0.375 e. The van der Waals surface area contributed by atoms with Crippen molar-refractivity contribution >= 4 is 17.2 Å². The van der Waals surface area contributed by atoms with E-state index in [0.717, 1.165) is 62.6 Å². The highest BCUT2D eigenvalue weighted by Crippen LogP contribution is 2.35. The van der Waals surface area contributed by atoms with E-state index in [4.69, 9.17) is 9.72 Å². The zero-order valence-electron chi connectivity index (χ0n) is 16.1. The maximum Gasteiger partial charge on any atom is 0.132 e. The molecule has 144 valence electrons. The third-order valence-corrected chi connectivity index (χ3v) is 7.10. The molecule has 7 heteroatoms. The molecule has 0 aromatic carbocycles. The second kappa shape index (κ2) is 7.11. The molecule has 0 radical (unpaired) electrons. The summed E-state index contributed by atoms with van der Waals surface area (Å²) in [5.74, 6) is 3.02. The largest absolute Gasteiger partial charge is 0.375 e. The van der Waals surface area contributed by atoms with Gasteiger partial charge in [0, 0.05) is 44.4 Å².